The number of methoxy groups -OCH3 is 1. The summed E-state index contributed by atoms with van der Waals surface area (Å²) in [5, 5.41) is 18.2. The van der Waals surface area contributed by atoms with E-state index in [2.05, 4.69) is 15.5 Å². The van der Waals surface area contributed by atoms with Gasteiger partial charge in [0.2, 0.25) is 0 Å². The van der Waals surface area contributed by atoms with Gasteiger partial charge in [0.1, 0.15) is 17.3 Å². The van der Waals surface area contributed by atoms with Gasteiger partial charge in [-0.05, 0) is 24.6 Å². The third kappa shape index (κ3) is 3.98. The summed E-state index contributed by atoms with van der Waals surface area (Å²) in [4.78, 5) is 10.8. The molecule has 7 nitrogen and oxygen atoms in total. The van der Waals surface area contributed by atoms with Gasteiger partial charge in [-0.3, -0.25) is 5.10 Å². The van der Waals surface area contributed by atoms with Crippen molar-refractivity contribution in [3.63, 3.8) is 0 Å². The maximum atomic E-state index is 10.8. The number of rotatable bonds is 8. The molecule has 1 aromatic heterocycles. The highest BCUT2D eigenvalue weighted by Gasteiger charge is 2.08. The third-order valence-corrected chi connectivity index (χ3v) is 3.09. The fourth-order valence-electron chi connectivity index (χ4n) is 1.98. The van der Waals surface area contributed by atoms with Crippen molar-refractivity contribution in [2.75, 3.05) is 19.0 Å². The van der Waals surface area contributed by atoms with Gasteiger partial charge >= 0.3 is 5.97 Å². The molecular weight excluding hydrogens is 286 g/mol. The Kier molecular flexibility index (Phi) is 5.37. The number of nitrogens with zero attached hydrogens (tertiary/aromatic N) is 1. The molecule has 2 aromatic rings. The van der Waals surface area contributed by atoms with Crippen LogP contribution in [0.3, 0.4) is 0 Å². The van der Waals surface area contributed by atoms with Crippen molar-refractivity contribution in [1.29, 1.82) is 0 Å². The lowest BCUT2D eigenvalue weighted by atomic mass is 10.1. The monoisotopic (exact) mass is 305 g/mol. The molecule has 0 spiro atoms. The fourth-order valence-corrected chi connectivity index (χ4v) is 1.98. The fraction of sp³-hybridized carbons (Fsp3) is 0.333. The SMILES string of the molecule is CCOCc1cc(CNc2cc(C(=O)O)[nH]n2)ccc1OC. The Hall–Kier alpha value is -2.54. The van der Waals surface area contributed by atoms with Gasteiger partial charge in [-0.1, -0.05) is 6.07 Å². The van der Waals surface area contributed by atoms with Crippen LogP contribution in [0.15, 0.2) is 24.3 Å². The minimum atomic E-state index is -1.04. The van der Waals surface area contributed by atoms with Crippen LogP contribution >= 0.6 is 0 Å². The van der Waals surface area contributed by atoms with Crippen LogP contribution in [0.1, 0.15) is 28.5 Å². The Labute approximate surface area is 128 Å². The van der Waals surface area contributed by atoms with E-state index in [1.807, 2.05) is 25.1 Å². The van der Waals surface area contributed by atoms with E-state index in [0.717, 1.165) is 16.9 Å². The zero-order valence-corrected chi connectivity index (χ0v) is 12.5. The number of carboxylic acid groups (broad SMARTS) is 1. The number of nitrogens with one attached hydrogen (secondary N) is 2. The summed E-state index contributed by atoms with van der Waals surface area (Å²) >= 11 is 0. The Morgan fingerprint density at radius 1 is 1.41 bits per heavy atom. The largest absolute Gasteiger partial charge is 0.496 e. The third-order valence-electron chi connectivity index (χ3n) is 3.09. The van der Waals surface area contributed by atoms with Crippen LogP contribution in [-0.2, 0) is 17.9 Å². The molecule has 0 bridgehead atoms. The molecule has 0 amide bonds. The van der Waals surface area contributed by atoms with Gasteiger partial charge in [-0.25, -0.2) is 4.79 Å². The van der Waals surface area contributed by atoms with Crippen molar-refractivity contribution >= 4 is 11.8 Å². The molecule has 7 heteroatoms. The second kappa shape index (κ2) is 7.46. The maximum absolute atomic E-state index is 10.8. The number of ether oxygens (including phenoxy) is 2. The van der Waals surface area contributed by atoms with Gasteiger partial charge in [-0.2, -0.15) is 5.10 Å². The predicted molar refractivity (Wildman–Crippen MR) is 81.2 cm³/mol. The molecule has 0 fully saturated rings. The van der Waals surface area contributed by atoms with Gasteiger partial charge in [-0.15, -0.1) is 0 Å². The first-order chi connectivity index (χ1) is 10.6. The quantitative estimate of drug-likeness (QED) is 0.692. The summed E-state index contributed by atoms with van der Waals surface area (Å²) < 4.78 is 10.7. The highest BCUT2D eigenvalue weighted by Crippen LogP contribution is 2.21. The van der Waals surface area contributed by atoms with E-state index >= 15 is 0 Å². The number of carboxylic acids is 1. The molecule has 0 unspecified atom stereocenters. The van der Waals surface area contributed by atoms with E-state index in [9.17, 15) is 4.79 Å². The average molecular weight is 305 g/mol. The van der Waals surface area contributed by atoms with Crippen molar-refractivity contribution in [2.45, 2.75) is 20.1 Å². The van der Waals surface area contributed by atoms with E-state index in [1.165, 1.54) is 6.07 Å². The first-order valence-electron chi connectivity index (χ1n) is 6.90. The standard InChI is InChI=1S/C15H19N3O4/c1-3-22-9-11-6-10(4-5-13(11)21-2)8-16-14-7-12(15(19)20)17-18-14/h4-7H,3,8-9H2,1-2H3,(H,19,20)(H2,16,17,18). The van der Waals surface area contributed by atoms with Gasteiger partial charge in [0.15, 0.2) is 0 Å². The normalized spacial score (nSPS) is 10.5. The van der Waals surface area contributed by atoms with E-state index < -0.39 is 5.97 Å². The molecular formula is C15H19N3O4. The molecule has 0 aliphatic heterocycles. The number of anilines is 1. The number of aromatic carboxylic acids is 1. The average Bonchev–Trinajstić information content (AvgIpc) is 3.00. The summed E-state index contributed by atoms with van der Waals surface area (Å²) in [5.74, 6) is 0.230. The van der Waals surface area contributed by atoms with Crippen LogP contribution in [0.25, 0.3) is 0 Å². The highest BCUT2D eigenvalue weighted by atomic mass is 16.5. The molecule has 3 N–H and O–H groups in total. The van der Waals surface area contributed by atoms with E-state index in [-0.39, 0.29) is 5.69 Å². The van der Waals surface area contributed by atoms with Gasteiger partial charge < -0.3 is 19.9 Å². The van der Waals surface area contributed by atoms with Crippen molar-refractivity contribution < 1.29 is 19.4 Å². The second-order valence-corrected chi connectivity index (χ2v) is 4.61. The predicted octanol–water partition coefficient (Wildman–Crippen LogP) is 2.27. The van der Waals surface area contributed by atoms with Gasteiger partial charge in [0.05, 0.1) is 13.7 Å². The van der Waals surface area contributed by atoms with E-state index in [0.29, 0.717) is 25.6 Å². The first-order valence-corrected chi connectivity index (χ1v) is 6.90. The molecule has 1 heterocycles. The molecule has 0 aliphatic rings. The zero-order chi connectivity index (χ0) is 15.9. The molecule has 0 saturated heterocycles. The number of carbonyl (C=O) groups is 1. The summed E-state index contributed by atoms with van der Waals surface area (Å²) in [7, 11) is 1.62. The maximum Gasteiger partial charge on any atom is 0.353 e. The summed E-state index contributed by atoms with van der Waals surface area (Å²) in [6, 6.07) is 7.27. The van der Waals surface area contributed by atoms with Crippen LogP contribution in [0.4, 0.5) is 5.82 Å². The second-order valence-electron chi connectivity index (χ2n) is 4.61. The Morgan fingerprint density at radius 3 is 2.86 bits per heavy atom. The van der Waals surface area contributed by atoms with Gasteiger partial charge in [0, 0.05) is 24.8 Å². The summed E-state index contributed by atoms with van der Waals surface area (Å²) in [6.45, 7) is 3.58. The lowest BCUT2D eigenvalue weighted by Crippen LogP contribution is -2.02. The number of hydrogen-bond acceptors (Lipinski definition) is 5. The van der Waals surface area contributed by atoms with Crippen molar-refractivity contribution in [2.24, 2.45) is 0 Å². The van der Waals surface area contributed by atoms with E-state index in [1.54, 1.807) is 7.11 Å². The molecule has 0 aliphatic carbocycles. The number of aromatic nitrogens is 2. The topological polar surface area (TPSA) is 96.5 Å². The number of benzene rings is 1. The minimum absolute atomic E-state index is 0.0502. The van der Waals surface area contributed by atoms with Crippen LogP contribution in [-0.4, -0.2) is 35.0 Å². The summed E-state index contributed by atoms with van der Waals surface area (Å²) in [6.07, 6.45) is 0. The zero-order valence-electron chi connectivity index (χ0n) is 12.5. The van der Waals surface area contributed by atoms with Crippen LogP contribution in [0, 0.1) is 0 Å². The number of H-pyrrole nitrogens is 1. The van der Waals surface area contributed by atoms with Crippen molar-refractivity contribution in [3.05, 3.63) is 41.1 Å². The molecule has 0 radical (unpaired) electrons. The highest BCUT2D eigenvalue weighted by molar-refractivity contribution is 5.86. The Bertz CT molecular complexity index is 639. The Balaban J connectivity index is 2.03. The Morgan fingerprint density at radius 2 is 2.23 bits per heavy atom. The lowest BCUT2D eigenvalue weighted by molar-refractivity contribution is 0.0690. The van der Waals surface area contributed by atoms with Crippen LogP contribution in [0.2, 0.25) is 0 Å². The first kappa shape index (κ1) is 15.8. The van der Waals surface area contributed by atoms with Gasteiger partial charge in [0.25, 0.3) is 0 Å². The van der Waals surface area contributed by atoms with Crippen LogP contribution in [0.5, 0.6) is 5.75 Å². The summed E-state index contributed by atoms with van der Waals surface area (Å²) in [5.41, 5.74) is 2.04. The smallest absolute Gasteiger partial charge is 0.353 e. The molecule has 22 heavy (non-hydrogen) atoms. The molecule has 118 valence electrons. The number of hydrogen-bond donors (Lipinski definition) is 3. The van der Waals surface area contributed by atoms with Crippen molar-refractivity contribution in [3.8, 4) is 5.75 Å². The van der Waals surface area contributed by atoms with E-state index in [4.69, 9.17) is 14.6 Å². The van der Waals surface area contributed by atoms with Crippen molar-refractivity contribution in [1.82, 2.24) is 10.2 Å². The molecule has 1 aromatic carbocycles. The van der Waals surface area contributed by atoms with Crippen LogP contribution < -0.4 is 10.1 Å². The molecule has 2 rings (SSSR count). The molecule has 0 saturated carbocycles. The minimum Gasteiger partial charge on any atom is -0.496 e. The lowest BCUT2D eigenvalue weighted by Gasteiger charge is -2.11. The number of aromatic amines is 1. The molecule has 0 atom stereocenters.